The summed E-state index contributed by atoms with van der Waals surface area (Å²) in [5.74, 6) is 0.357. The Bertz CT molecular complexity index is 509. The van der Waals surface area contributed by atoms with E-state index >= 15 is 0 Å². The zero-order valence-corrected chi connectivity index (χ0v) is 15.8. The van der Waals surface area contributed by atoms with Crippen LogP contribution >= 0.6 is 11.8 Å². The Balaban J connectivity index is 2.26. The van der Waals surface area contributed by atoms with Crippen LogP contribution in [0.5, 0.6) is 0 Å². The Morgan fingerprint density at radius 3 is 2.24 bits per heavy atom. The third kappa shape index (κ3) is 2.93. The zero-order chi connectivity index (χ0) is 15.8. The normalized spacial score (nSPS) is 23.1. The van der Waals surface area contributed by atoms with Gasteiger partial charge in [0, 0.05) is 6.04 Å². The van der Waals surface area contributed by atoms with E-state index in [1.54, 1.807) is 11.8 Å². The average molecular weight is 322 g/mol. The largest absolute Gasteiger partial charge is 0.364 e. The van der Waals surface area contributed by atoms with Crippen molar-refractivity contribution in [2.45, 2.75) is 56.6 Å². The molecule has 2 atom stereocenters. The summed E-state index contributed by atoms with van der Waals surface area (Å²) in [6.45, 7) is 11.5. The third-order valence-corrected chi connectivity index (χ3v) is 11.6. The van der Waals surface area contributed by atoms with E-state index in [1.165, 1.54) is 5.56 Å². The lowest BCUT2D eigenvalue weighted by Gasteiger charge is -2.58. The fourth-order valence-electron chi connectivity index (χ4n) is 2.88. The highest BCUT2D eigenvalue weighted by Gasteiger charge is 2.56. The summed E-state index contributed by atoms with van der Waals surface area (Å²) in [5.41, 5.74) is 1.33. The van der Waals surface area contributed by atoms with Gasteiger partial charge in [-0.1, -0.05) is 64.2 Å². The minimum Gasteiger partial charge on any atom is -0.364 e. The van der Waals surface area contributed by atoms with Gasteiger partial charge in [-0.05, 0) is 23.3 Å². The van der Waals surface area contributed by atoms with E-state index in [0.29, 0.717) is 11.9 Å². The van der Waals surface area contributed by atoms with Gasteiger partial charge in [-0.15, -0.1) is 11.8 Å². The molecule has 1 fully saturated rings. The van der Waals surface area contributed by atoms with Gasteiger partial charge in [-0.3, -0.25) is 4.79 Å². The standard InChI is InChI=1S/C17H27NOSSi/c1-17(2,3)21(5,6)18-14(15(20-4)16(18)19)12-13-10-8-7-9-11-13/h7-11,14-15H,12H2,1-6H3. The van der Waals surface area contributed by atoms with Crippen LogP contribution in [-0.2, 0) is 11.2 Å². The molecule has 1 saturated heterocycles. The molecule has 0 aliphatic carbocycles. The summed E-state index contributed by atoms with van der Waals surface area (Å²) >= 11 is 1.71. The predicted molar refractivity (Wildman–Crippen MR) is 95.3 cm³/mol. The van der Waals surface area contributed by atoms with Gasteiger partial charge in [-0.2, -0.15) is 0 Å². The molecule has 1 heterocycles. The number of amides is 1. The van der Waals surface area contributed by atoms with Crippen molar-refractivity contribution in [2.24, 2.45) is 0 Å². The van der Waals surface area contributed by atoms with Gasteiger partial charge in [-0.25, -0.2) is 0 Å². The van der Waals surface area contributed by atoms with Crippen molar-refractivity contribution in [3.05, 3.63) is 35.9 Å². The smallest absolute Gasteiger partial charge is 0.230 e. The van der Waals surface area contributed by atoms with Crippen LogP contribution in [0.3, 0.4) is 0 Å². The lowest BCUT2D eigenvalue weighted by Crippen LogP contribution is -2.74. The Hall–Kier alpha value is -0.743. The molecular formula is C17H27NOSSi. The number of β-lactam (4-membered cyclic amide) rings is 1. The van der Waals surface area contributed by atoms with Gasteiger partial charge in [0.2, 0.25) is 5.91 Å². The van der Waals surface area contributed by atoms with Crippen molar-refractivity contribution in [3.63, 3.8) is 0 Å². The van der Waals surface area contributed by atoms with Gasteiger partial charge in [0.05, 0.1) is 0 Å². The van der Waals surface area contributed by atoms with Crippen LogP contribution < -0.4 is 0 Å². The average Bonchev–Trinajstić information content (AvgIpc) is 2.38. The molecule has 2 nitrogen and oxygen atoms in total. The van der Waals surface area contributed by atoms with Crippen LogP contribution in [0.4, 0.5) is 0 Å². The minimum absolute atomic E-state index is 0.138. The first-order valence-corrected chi connectivity index (χ1v) is 11.8. The SMILES string of the molecule is CSC1C(=O)N([Si](C)(C)C(C)(C)C)C1Cc1ccccc1. The summed E-state index contributed by atoms with van der Waals surface area (Å²) in [5, 5.41) is 0.334. The quantitative estimate of drug-likeness (QED) is 0.612. The number of thioether (sulfide) groups is 1. The summed E-state index contributed by atoms with van der Waals surface area (Å²) < 4.78 is 2.27. The van der Waals surface area contributed by atoms with Gasteiger partial charge in [0.25, 0.3) is 0 Å². The highest BCUT2D eigenvalue weighted by molar-refractivity contribution is 8.00. The number of hydrogen-bond donors (Lipinski definition) is 0. The maximum Gasteiger partial charge on any atom is 0.230 e. The van der Waals surface area contributed by atoms with Gasteiger partial charge < -0.3 is 4.57 Å². The van der Waals surface area contributed by atoms with Crippen molar-refractivity contribution in [1.82, 2.24) is 4.57 Å². The van der Waals surface area contributed by atoms with Crippen LogP contribution in [0.1, 0.15) is 26.3 Å². The Labute approximate surface area is 134 Å². The number of carbonyl (C=O) groups is 1. The molecule has 2 rings (SSSR count). The van der Waals surface area contributed by atoms with E-state index in [2.05, 4.69) is 69.0 Å². The van der Waals surface area contributed by atoms with Crippen LogP contribution in [0.25, 0.3) is 0 Å². The zero-order valence-electron chi connectivity index (χ0n) is 14.0. The van der Waals surface area contributed by atoms with E-state index in [0.717, 1.165) is 6.42 Å². The molecule has 0 radical (unpaired) electrons. The topological polar surface area (TPSA) is 20.3 Å². The van der Waals surface area contributed by atoms with E-state index < -0.39 is 8.24 Å². The van der Waals surface area contributed by atoms with Crippen LogP contribution in [-0.4, -0.2) is 36.3 Å². The highest BCUT2D eigenvalue weighted by atomic mass is 32.2. The summed E-state index contributed by atoms with van der Waals surface area (Å²) in [4.78, 5) is 12.6. The van der Waals surface area contributed by atoms with Crippen molar-refractivity contribution in [3.8, 4) is 0 Å². The Morgan fingerprint density at radius 2 is 1.76 bits per heavy atom. The fraction of sp³-hybridized carbons (Fsp3) is 0.588. The highest BCUT2D eigenvalue weighted by Crippen LogP contribution is 2.45. The molecule has 0 aromatic heterocycles. The van der Waals surface area contributed by atoms with Crippen LogP contribution in [0.15, 0.2) is 30.3 Å². The van der Waals surface area contributed by atoms with Gasteiger partial charge in [0.1, 0.15) is 5.25 Å². The third-order valence-electron chi connectivity index (χ3n) is 5.14. The number of benzene rings is 1. The number of hydrogen-bond acceptors (Lipinski definition) is 2. The molecule has 1 aliphatic rings. The molecule has 0 spiro atoms. The number of carbonyl (C=O) groups excluding carboxylic acids is 1. The first-order chi connectivity index (χ1) is 9.70. The maximum absolute atomic E-state index is 12.6. The molecule has 2 unspecified atom stereocenters. The lowest BCUT2D eigenvalue weighted by molar-refractivity contribution is -0.137. The fourth-order valence-corrected chi connectivity index (χ4v) is 6.41. The van der Waals surface area contributed by atoms with E-state index in [4.69, 9.17) is 0 Å². The monoisotopic (exact) mass is 321 g/mol. The second-order valence-electron chi connectivity index (χ2n) is 7.43. The maximum atomic E-state index is 12.6. The number of rotatable bonds is 4. The summed E-state index contributed by atoms with van der Waals surface area (Å²) in [6, 6.07) is 10.9. The first kappa shape index (κ1) is 16.6. The molecule has 21 heavy (non-hydrogen) atoms. The molecule has 116 valence electrons. The summed E-state index contributed by atoms with van der Waals surface area (Å²) in [6.07, 6.45) is 3.04. The van der Waals surface area contributed by atoms with E-state index in [-0.39, 0.29) is 10.3 Å². The molecule has 0 bridgehead atoms. The van der Waals surface area contributed by atoms with Gasteiger partial charge >= 0.3 is 0 Å². The predicted octanol–water partition coefficient (Wildman–Crippen LogP) is 4.18. The van der Waals surface area contributed by atoms with Crippen molar-refractivity contribution in [2.75, 3.05) is 6.26 Å². The molecule has 1 amide bonds. The Morgan fingerprint density at radius 1 is 1.19 bits per heavy atom. The molecule has 0 N–H and O–H groups in total. The van der Waals surface area contributed by atoms with E-state index in [9.17, 15) is 4.79 Å². The lowest BCUT2D eigenvalue weighted by atomic mass is 9.97. The molecule has 1 aliphatic heterocycles. The number of nitrogens with zero attached hydrogens (tertiary/aromatic N) is 1. The Kier molecular flexibility index (Phi) is 4.59. The molecular weight excluding hydrogens is 294 g/mol. The second kappa shape index (κ2) is 5.80. The summed E-state index contributed by atoms with van der Waals surface area (Å²) in [7, 11) is -1.79. The van der Waals surface area contributed by atoms with Crippen LogP contribution in [0.2, 0.25) is 18.1 Å². The molecule has 0 saturated carbocycles. The molecule has 1 aromatic carbocycles. The van der Waals surface area contributed by atoms with Crippen molar-refractivity contribution in [1.29, 1.82) is 0 Å². The van der Waals surface area contributed by atoms with E-state index in [1.807, 2.05) is 6.07 Å². The molecule has 1 aromatic rings. The second-order valence-corrected chi connectivity index (χ2v) is 13.5. The first-order valence-electron chi connectivity index (χ1n) is 7.60. The van der Waals surface area contributed by atoms with Gasteiger partial charge in [0.15, 0.2) is 8.24 Å². The van der Waals surface area contributed by atoms with Crippen molar-refractivity contribution >= 4 is 25.9 Å². The van der Waals surface area contributed by atoms with Crippen LogP contribution in [0, 0.1) is 0 Å². The molecule has 4 heteroatoms. The minimum atomic E-state index is -1.79. The van der Waals surface area contributed by atoms with Crippen molar-refractivity contribution < 1.29 is 4.79 Å².